The van der Waals surface area contributed by atoms with E-state index < -0.39 is 17.4 Å². The summed E-state index contributed by atoms with van der Waals surface area (Å²) in [6.45, 7) is 0.941. The quantitative estimate of drug-likeness (QED) is 0.551. The molecule has 1 aromatic heterocycles. The lowest BCUT2D eigenvalue weighted by atomic mass is 9.68. The Kier molecular flexibility index (Phi) is 5.65. The number of urea groups is 1. The molecule has 6 nitrogen and oxygen atoms in total. The number of anilines is 1. The lowest BCUT2D eigenvalue weighted by molar-refractivity contribution is -0.141. The summed E-state index contributed by atoms with van der Waals surface area (Å²) in [5.74, 6) is 0.324. The number of aromatic nitrogens is 2. The molecule has 1 aliphatic heterocycles. The highest BCUT2D eigenvalue weighted by molar-refractivity contribution is 5.94. The predicted octanol–water partition coefficient (Wildman–Crippen LogP) is 5.00. The van der Waals surface area contributed by atoms with Gasteiger partial charge in [-0.2, -0.15) is 18.3 Å². The number of halogens is 4. The zero-order chi connectivity index (χ0) is 25.2. The third-order valence-electron chi connectivity index (χ3n) is 8.27. The number of alkyl halides is 3. The molecule has 2 amide bonds. The van der Waals surface area contributed by atoms with Crippen molar-refractivity contribution in [1.82, 2.24) is 19.6 Å². The fourth-order valence-corrected chi connectivity index (χ4v) is 5.98. The molecule has 5 rings (SSSR count). The highest BCUT2D eigenvalue weighted by Gasteiger charge is 2.56. The molecule has 1 spiro atoms. The molecule has 190 valence electrons. The fraction of sp³-hybridized carbons (Fsp3) is 0.600. The van der Waals surface area contributed by atoms with Crippen LogP contribution in [-0.2, 0) is 18.8 Å². The van der Waals surface area contributed by atoms with Crippen LogP contribution in [0.1, 0.15) is 49.8 Å². The number of nitrogens with zero attached hydrogens (tertiary/aromatic N) is 5. The summed E-state index contributed by atoms with van der Waals surface area (Å²) in [5.41, 5.74) is -0.937. The standard InChI is InChI=1S/C25H31F4N5O/c1-31(2)24(18-5-4-6-19(26)13-18)11-9-23(10-12-24)16-33(22(35)34(23)15-17-7-8-17)21-14-20(25(27,28)29)30-32(21)3/h4-6,13-14,17H,7-12,15-16H2,1-3H3/t23-,24-. The summed E-state index contributed by atoms with van der Waals surface area (Å²) in [7, 11) is 5.42. The number of aryl methyl sites for hydroxylation is 1. The van der Waals surface area contributed by atoms with Crippen molar-refractivity contribution in [1.29, 1.82) is 0 Å². The molecule has 3 fully saturated rings. The summed E-state index contributed by atoms with van der Waals surface area (Å²) in [6.07, 6.45) is 0.339. The molecule has 0 bridgehead atoms. The van der Waals surface area contributed by atoms with Gasteiger partial charge < -0.3 is 4.90 Å². The van der Waals surface area contributed by atoms with E-state index in [0.29, 0.717) is 44.7 Å². The third kappa shape index (κ3) is 4.09. The molecule has 10 heteroatoms. The zero-order valence-electron chi connectivity index (χ0n) is 20.3. The number of benzene rings is 1. The molecular weight excluding hydrogens is 462 g/mol. The van der Waals surface area contributed by atoms with Gasteiger partial charge in [0.1, 0.15) is 11.6 Å². The smallest absolute Gasteiger partial charge is 0.317 e. The molecule has 0 unspecified atom stereocenters. The van der Waals surface area contributed by atoms with Gasteiger partial charge in [0.15, 0.2) is 5.69 Å². The molecular formula is C25H31F4N5O. The average molecular weight is 494 g/mol. The molecule has 2 aromatic rings. The normalized spacial score (nSPS) is 27.5. The molecule has 2 aliphatic carbocycles. The molecule has 2 saturated carbocycles. The number of carbonyl (C=O) groups is 1. The molecule has 1 aromatic carbocycles. The van der Waals surface area contributed by atoms with E-state index in [9.17, 15) is 22.4 Å². The van der Waals surface area contributed by atoms with E-state index in [4.69, 9.17) is 0 Å². The second kappa shape index (κ2) is 8.21. The topological polar surface area (TPSA) is 44.6 Å². The Morgan fingerprint density at radius 2 is 1.80 bits per heavy atom. The molecule has 0 atom stereocenters. The van der Waals surface area contributed by atoms with E-state index in [1.54, 1.807) is 12.1 Å². The number of hydrogen-bond acceptors (Lipinski definition) is 3. The Balaban J connectivity index is 1.47. The van der Waals surface area contributed by atoms with E-state index in [2.05, 4.69) is 10.00 Å². The first-order valence-corrected chi connectivity index (χ1v) is 12.1. The van der Waals surface area contributed by atoms with Crippen molar-refractivity contribution in [3.63, 3.8) is 0 Å². The van der Waals surface area contributed by atoms with Gasteiger partial charge in [0, 0.05) is 25.2 Å². The second-order valence-electron chi connectivity index (χ2n) is 10.6. The fourth-order valence-electron chi connectivity index (χ4n) is 5.98. The van der Waals surface area contributed by atoms with Crippen LogP contribution in [0.2, 0.25) is 0 Å². The lowest BCUT2D eigenvalue weighted by Crippen LogP contribution is -2.55. The molecule has 3 aliphatic rings. The summed E-state index contributed by atoms with van der Waals surface area (Å²) in [5, 5.41) is 3.62. The van der Waals surface area contributed by atoms with E-state index in [1.807, 2.05) is 25.1 Å². The van der Waals surface area contributed by atoms with Crippen molar-refractivity contribution >= 4 is 11.8 Å². The summed E-state index contributed by atoms with van der Waals surface area (Å²) in [4.78, 5) is 19.1. The van der Waals surface area contributed by atoms with Crippen LogP contribution in [0.5, 0.6) is 0 Å². The van der Waals surface area contributed by atoms with Crippen LogP contribution in [0.25, 0.3) is 0 Å². The number of carbonyl (C=O) groups excluding carboxylic acids is 1. The number of rotatable bonds is 5. The van der Waals surface area contributed by atoms with Crippen LogP contribution in [0.15, 0.2) is 30.3 Å². The average Bonchev–Trinajstić information content (AvgIpc) is 3.48. The minimum atomic E-state index is -4.58. The number of amides is 2. The Hall–Kier alpha value is -2.62. The third-order valence-corrected chi connectivity index (χ3v) is 8.27. The van der Waals surface area contributed by atoms with E-state index in [0.717, 1.165) is 29.2 Å². The Labute approximate surface area is 202 Å². The largest absolute Gasteiger partial charge is 0.435 e. The monoisotopic (exact) mass is 493 g/mol. The van der Waals surface area contributed by atoms with Crippen LogP contribution in [0, 0.1) is 11.7 Å². The van der Waals surface area contributed by atoms with Gasteiger partial charge in [-0.25, -0.2) is 9.18 Å². The highest BCUT2D eigenvalue weighted by Crippen LogP contribution is 2.50. The van der Waals surface area contributed by atoms with Crippen molar-refractivity contribution in [2.75, 3.05) is 32.1 Å². The minimum Gasteiger partial charge on any atom is -0.317 e. The molecule has 1 saturated heterocycles. The van der Waals surface area contributed by atoms with Crippen molar-refractivity contribution in [2.24, 2.45) is 13.0 Å². The van der Waals surface area contributed by atoms with Gasteiger partial charge >= 0.3 is 12.2 Å². The first-order valence-electron chi connectivity index (χ1n) is 12.1. The lowest BCUT2D eigenvalue weighted by Gasteiger charge is -2.51. The zero-order valence-corrected chi connectivity index (χ0v) is 20.3. The SMILES string of the molecule is Cn1nc(C(F)(F)F)cc1N1C[C@]2(CC[C@@](c3cccc(F)c3)(N(C)C)CC2)N(CC2CC2)C1=O. The number of hydrogen-bond donors (Lipinski definition) is 0. The Bertz CT molecular complexity index is 1120. The molecule has 0 radical (unpaired) electrons. The van der Waals surface area contributed by atoms with Crippen molar-refractivity contribution in [3.8, 4) is 0 Å². The van der Waals surface area contributed by atoms with Gasteiger partial charge in [-0.3, -0.25) is 14.5 Å². The summed E-state index contributed by atoms with van der Waals surface area (Å²) < 4.78 is 55.2. The van der Waals surface area contributed by atoms with E-state index in [-0.39, 0.29) is 23.2 Å². The molecule has 35 heavy (non-hydrogen) atoms. The van der Waals surface area contributed by atoms with Gasteiger partial charge in [0.25, 0.3) is 0 Å². The van der Waals surface area contributed by atoms with Crippen molar-refractivity contribution in [2.45, 2.75) is 55.8 Å². The maximum atomic E-state index is 14.1. The van der Waals surface area contributed by atoms with Crippen molar-refractivity contribution in [3.05, 3.63) is 47.4 Å². The van der Waals surface area contributed by atoms with E-state index >= 15 is 0 Å². The van der Waals surface area contributed by atoms with E-state index in [1.165, 1.54) is 18.0 Å². The second-order valence-corrected chi connectivity index (χ2v) is 10.6. The Morgan fingerprint density at radius 3 is 2.34 bits per heavy atom. The maximum absolute atomic E-state index is 14.1. The van der Waals surface area contributed by atoms with Crippen LogP contribution in [0.4, 0.5) is 28.2 Å². The summed E-state index contributed by atoms with van der Waals surface area (Å²) >= 11 is 0. The van der Waals surface area contributed by atoms with Gasteiger partial charge in [0.05, 0.1) is 12.1 Å². The van der Waals surface area contributed by atoms with Gasteiger partial charge in [-0.1, -0.05) is 12.1 Å². The van der Waals surface area contributed by atoms with Gasteiger partial charge in [-0.05, 0) is 76.2 Å². The van der Waals surface area contributed by atoms with Gasteiger partial charge in [-0.15, -0.1) is 0 Å². The first kappa shape index (κ1) is 24.1. The molecule has 2 heterocycles. The summed E-state index contributed by atoms with van der Waals surface area (Å²) in [6, 6.07) is 7.40. The van der Waals surface area contributed by atoms with Gasteiger partial charge in [0.2, 0.25) is 0 Å². The highest BCUT2D eigenvalue weighted by atomic mass is 19.4. The van der Waals surface area contributed by atoms with Crippen molar-refractivity contribution < 1.29 is 22.4 Å². The van der Waals surface area contributed by atoms with Crippen LogP contribution in [0.3, 0.4) is 0 Å². The molecule has 0 N–H and O–H groups in total. The van der Waals surface area contributed by atoms with Crippen LogP contribution in [-0.4, -0.2) is 58.3 Å². The maximum Gasteiger partial charge on any atom is 0.435 e. The first-order chi connectivity index (χ1) is 16.4. The minimum absolute atomic E-state index is 0.162. The van der Waals surface area contributed by atoms with Crippen LogP contribution >= 0.6 is 0 Å². The Morgan fingerprint density at radius 1 is 1.11 bits per heavy atom. The van der Waals surface area contributed by atoms with Crippen LogP contribution < -0.4 is 4.90 Å². The predicted molar refractivity (Wildman–Crippen MR) is 123 cm³/mol.